The molecule has 20 heavy (non-hydrogen) atoms. The maximum atomic E-state index is 12.4. The van der Waals surface area contributed by atoms with Crippen LogP contribution in [0.4, 0.5) is 0 Å². The summed E-state index contributed by atoms with van der Waals surface area (Å²) in [7, 11) is 1.39. The van der Waals surface area contributed by atoms with E-state index in [4.69, 9.17) is 21.4 Å². The number of nitrogens with one attached hydrogen (secondary N) is 1. The van der Waals surface area contributed by atoms with E-state index in [1.165, 1.54) is 7.11 Å². The van der Waals surface area contributed by atoms with Crippen molar-refractivity contribution in [3.63, 3.8) is 0 Å². The van der Waals surface area contributed by atoms with Crippen molar-refractivity contribution in [1.82, 2.24) is 5.32 Å². The molecule has 0 spiro atoms. The summed E-state index contributed by atoms with van der Waals surface area (Å²) >= 11 is 5.94. The predicted octanol–water partition coefficient (Wildman–Crippen LogP) is 1.59. The van der Waals surface area contributed by atoms with Gasteiger partial charge in [0.2, 0.25) is 5.91 Å². The third kappa shape index (κ3) is 2.94. The minimum Gasteiger partial charge on any atom is -0.480 e. The number of benzene rings is 1. The van der Waals surface area contributed by atoms with Crippen LogP contribution < -0.4 is 5.32 Å². The van der Waals surface area contributed by atoms with Gasteiger partial charge >= 0.3 is 5.97 Å². The SMILES string of the molecule is COCC(NC(=O)C1(c2cccc(Cl)c2)CC1)C(=O)O. The highest BCUT2D eigenvalue weighted by Gasteiger charge is 2.52. The van der Waals surface area contributed by atoms with Crippen LogP contribution in [0.15, 0.2) is 24.3 Å². The van der Waals surface area contributed by atoms with Crippen molar-refractivity contribution in [2.24, 2.45) is 0 Å². The van der Waals surface area contributed by atoms with E-state index in [2.05, 4.69) is 5.32 Å². The van der Waals surface area contributed by atoms with Crippen molar-refractivity contribution in [3.8, 4) is 0 Å². The summed E-state index contributed by atoms with van der Waals surface area (Å²) in [5.41, 5.74) is 0.177. The molecule has 1 unspecified atom stereocenters. The molecule has 0 heterocycles. The first-order valence-corrected chi connectivity index (χ1v) is 6.66. The fourth-order valence-electron chi connectivity index (χ4n) is 2.20. The van der Waals surface area contributed by atoms with Crippen LogP contribution in [0.2, 0.25) is 5.02 Å². The van der Waals surface area contributed by atoms with Gasteiger partial charge in [-0.2, -0.15) is 0 Å². The fourth-order valence-corrected chi connectivity index (χ4v) is 2.39. The Morgan fingerprint density at radius 3 is 2.70 bits per heavy atom. The number of hydrogen-bond acceptors (Lipinski definition) is 3. The van der Waals surface area contributed by atoms with E-state index in [1.54, 1.807) is 18.2 Å². The first-order chi connectivity index (χ1) is 9.49. The third-order valence-corrected chi connectivity index (χ3v) is 3.73. The van der Waals surface area contributed by atoms with Gasteiger partial charge in [-0.25, -0.2) is 4.79 Å². The monoisotopic (exact) mass is 297 g/mol. The number of hydrogen-bond donors (Lipinski definition) is 2. The minimum atomic E-state index is -1.11. The number of halogens is 1. The summed E-state index contributed by atoms with van der Waals surface area (Å²) in [6.45, 7) is -0.0628. The second-order valence-corrected chi connectivity index (χ2v) is 5.35. The van der Waals surface area contributed by atoms with Gasteiger partial charge in [-0.1, -0.05) is 23.7 Å². The highest BCUT2D eigenvalue weighted by molar-refractivity contribution is 6.30. The van der Waals surface area contributed by atoms with E-state index in [9.17, 15) is 9.59 Å². The second kappa shape index (κ2) is 5.81. The molecule has 0 saturated heterocycles. The lowest BCUT2D eigenvalue weighted by Gasteiger charge is -2.19. The molecule has 1 atom stereocenters. The molecule has 0 aliphatic heterocycles. The van der Waals surface area contributed by atoms with Gasteiger partial charge in [0.1, 0.15) is 0 Å². The van der Waals surface area contributed by atoms with Crippen molar-refractivity contribution < 1.29 is 19.4 Å². The average Bonchev–Trinajstić information content (AvgIpc) is 3.19. The first-order valence-electron chi connectivity index (χ1n) is 6.28. The maximum absolute atomic E-state index is 12.4. The Hall–Kier alpha value is -1.59. The summed E-state index contributed by atoms with van der Waals surface area (Å²) in [6, 6.07) is 6.08. The molecule has 1 aliphatic carbocycles. The number of methoxy groups -OCH3 is 1. The fraction of sp³-hybridized carbons (Fsp3) is 0.429. The van der Waals surface area contributed by atoms with Crippen LogP contribution >= 0.6 is 11.6 Å². The van der Waals surface area contributed by atoms with Gasteiger partial charge in [0.15, 0.2) is 6.04 Å². The number of amides is 1. The number of carbonyl (C=O) groups is 2. The summed E-state index contributed by atoms with van der Waals surface area (Å²) in [5.74, 6) is -1.40. The lowest BCUT2D eigenvalue weighted by Crippen LogP contribution is -2.47. The first kappa shape index (κ1) is 14.8. The molecule has 0 radical (unpaired) electrons. The van der Waals surface area contributed by atoms with Crippen molar-refractivity contribution in [1.29, 1.82) is 0 Å². The van der Waals surface area contributed by atoms with Crippen molar-refractivity contribution in [3.05, 3.63) is 34.9 Å². The van der Waals surface area contributed by atoms with Crippen LogP contribution in [-0.2, 0) is 19.7 Å². The number of ether oxygens (including phenoxy) is 1. The Kier molecular flexibility index (Phi) is 4.30. The lowest BCUT2D eigenvalue weighted by molar-refractivity contribution is -0.143. The van der Waals surface area contributed by atoms with E-state index < -0.39 is 17.4 Å². The Balaban J connectivity index is 2.14. The molecule has 0 aromatic heterocycles. The number of carbonyl (C=O) groups excluding carboxylic acids is 1. The van der Waals surface area contributed by atoms with Gasteiger partial charge in [0, 0.05) is 12.1 Å². The zero-order valence-corrected chi connectivity index (χ0v) is 11.8. The number of rotatable bonds is 6. The van der Waals surface area contributed by atoms with Gasteiger partial charge in [-0.15, -0.1) is 0 Å². The summed E-state index contributed by atoms with van der Waals surface area (Å²) in [4.78, 5) is 23.4. The predicted molar refractivity (Wildman–Crippen MR) is 73.8 cm³/mol. The van der Waals surface area contributed by atoms with Crippen LogP contribution in [0.3, 0.4) is 0 Å². The molecule has 1 aromatic rings. The molecule has 1 amide bonds. The van der Waals surface area contributed by atoms with Gasteiger partial charge in [0.25, 0.3) is 0 Å². The van der Waals surface area contributed by atoms with E-state index in [0.717, 1.165) is 5.56 Å². The van der Waals surface area contributed by atoms with Crippen molar-refractivity contribution in [2.45, 2.75) is 24.3 Å². The quantitative estimate of drug-likeness (QED) is 0.836. The molecular weight excluding hydrogens is 282 g/mol. The third-order valence-electron chi connectivity index (χ3n) is 3.50. The maximum Gasteiger partial charge on any atom is 0.328 e. The van der Waals surface area contributed by atoms with Gasteiger partial charge in [-0.3, -0.25) is 4.79 Å². The van der Waals surface area contributed by atoms with Gasteiger partial charge < -0.3 is 15.2 Å². The molecule has 1 aliphatic rings. The molecular formula is C14H16ClNO4. The summed E-state index contributed by atoms with van der Waals surface area (Å²) in [6.07, 6.45) is 1.39. The van der Waals surface area contributed by atoms with Crippen LogP contribution in [0, 0.1) is 0 Å². The normalized spacial score (nSPS) is 17.3. The molecule has 1 fully saturated rings. The van der Waals surface area contributed by atoms with Crippen LogP contribution in [0.25, 0.3) is 0 Å². The number of aliphatic carboxylic acids is 1. The average molecular weight is 298 g/mol. The van der Waals surface area contributed by atoms with E-state index in [1.807, 2.05) is 6.07 Å². The Morgan fingerprint density at radius 1 is 1.50 bits per heavy atom. The van der Waals surface area contributed by atoms with Crippen LogP contribution in [0.5, 0.6) is 0 Å². The number of carboxylic acid groups (broad SMARTS) is 1. The molecule has 1 saturated carbocycles. The Bertz CT molecular complexity index is 528. The number of carboxylic acids is 1. The van der Waals surface area contributed by atoms with Crippen molar-refractivity contribution in [2.75, 3.05) is 13.7 Å². The smallest absolute Gasteiger partial charge is 0.328 e. The topological polar surface area (TPSA) is 75.6 Å². The summed E-state index contributed by atoms with van der Waals surface area (Å²) < 4.78 is 4.81. The van der Waals surface area contributed by atoms with E-state index >= 15 is 0 Å². The second-order valence-electron chi connectivity index (χ2n) is 4.91. The van der Waals surface area contributed by atoms with Crippen LogP contribution in [0.1, 0.15) is 18.4 Å². The Morgan fingerprint density at radius 2 is 2.20 bits per heavy atom. The molecule has 6 heteroatoms. The molecule has 2 rings (SSSR count). The van der Waals surface area contributed by atoms with E-state index in [0.29, 0.717) is 17.9 Å². The van der Waals surface area contributed by atoms with E-state index in [-0.39, 0.29) is 12.5 Å². The highest BCUT2D eigenvalue weighted by Crippen LogP contribution is 2.48. The molecule has 2 N–H and O–H groups in total. The van der Waals surface area contributed by atoms with Crippen molar-refractivity contribution >= 4 is 23.5 Å². The molecule has 5 nitrogen and oxygen atoms in total. The van der Waals surface area contributed by atoms with Gasteiger partial charge in [0.05, 0.1) is 12.0 Å². The largest absolute Gasteiger partial charge is 0.480 e. The summed E-state index contributed by atoms with van der Waals surface area (Å²) in [5, 5.41) is 12.1. The minimum absolute atomic E-state index is 0.0628. The molecule has 0 bridgehead atoms. The zero-order chi connectivity index (χ0) is 14.8. The zero-order valence-electron chi connectivity index (χ0n) is 11.1. The molecule has 108 valence electrons. The van der Waals surface area contributed by atoms with Crippen LogP contribution in [-0.4, -0.2) is 36.7 Å². The lowest BCUT2D eigenvalue weighted by atomic mass is 9.94. The van der Waals surface area contributed by atoms with Gasteiger partial charge in [-0.05, 0) is 30.5 Å². The Labute approximate surface area is 121 Å². The molecule has 1 aromatic carbocycles. The standard InChI is InChI=1S/C14H16ClNO4/c1-20-8-11(12(17)18)16-13(19)14(5-6-14)9-3-2-4-10(15)7-9/h2-4,7,11H,5-6,8H2,1H3,(H,16,19)(H,17,18). The highest BCUT2D eigenvalue weighted by atomic mass is 35.5.